The SMILES string of the molecule is O=C(Nc1ncccn1)c1ccc2ccc(F)cc2n1. The molecule has 2 heterocycles. The number of carbonyl (C=O) groups excluding carboxylic acids is 1. The van der Waals surface area contributed by atoms with Gasteiger partial charge >= 0.3 is 0 Å². The molecule has 6 heteroatoms. The minimum atomic E-state index is -0.442. The number of nitrogens with one attached hydrogen (secondary N) is 1. The number of hydrogen-bond donors (Lipinski definition) is 1. The van der Waals surface area contributed by atoms with Crippen LogP contribution in [-0.2, 0) is 0 Å². The smallest absolute Gasteiger partial charge is 0.276 e. The Hall–Kier alpha value is -2.89. The first-order chi connectivity index (χ1) is 9.72. The van der Waals surface area contributed by atoms with Crippen LogP contribution in [-0.4, -0.2) is 20.9 Å². The Kier molecular flexibility index (Phi) is 3.04. The van der Waals surface area contributed by atoms with Crippen molar-refractivity contribution < 1.29 is 9.18 Å². The van der Waals surface area contributed by atoms with Crippen molar-refractivity contribution in [2.45, 2.75) is 0 Å². The van der Waals surface area contributed by atoms with Crippen molar-refractivity contribution in [3.63, 3.8) is 0 Å². The molecule has 3 rings (SSSR count). The third kappa shape index (κ3) is 2.44. The standard InChI is InChI=1S/C14H9FN4O/c15-10-4-2-9-3-5-11(18-12(9)8-10)13(20)19-14-16-6-1-7-17-14/h1-8H,(H,16,17,19,20). The van der Waals surface area contributed by atoms with E-state index in [4.69, 9.17) is 0 Å². The molecule has 1 N–H and O–H groups in total. The summed E-state index contributed by atoms with van der Waals surface area (Å²) < 4.78 is 13.2. The fourth-order valence-corrected chi connectivity index (χ4v) is 1.75. The summed E-state index contributed by atoms with van der Waals surface area (Å²) in [6.07, 6.45) is 3.04. The van der Waals surface area contributed by atoms with E-state index in [9.17, 15) is 9.18 Å². The second kappa shape index (κ2) is 5.00. The summed E-state index contributed by atoms with van der Waals surface area (Å²) in [5, 5.41) is 3.28. The van der Waals surface area contributed by atoms with Crippen LogP contribution in [0.5, 0.6) is 0 Å². The number of anilines is 1. The molecule has 0 fully saturated rings. The summed E-state index contributed by atoms with van der Waals surface area (Å²) in [6.45, 7) is 0. The van der Waals surface area contributed by atoms with Crippen LogP contribution in [0.15, 0.2) is 48.8 Å². The van der Waals surface area contributed by atoms with Crippen molar-refractivity contribution in [3.05, 3.63) is 60.3 Å². The molecule has 0 aliphatic carbocycles. The first-order valence-corrected chi connectivity index (χ1v) is 5.87. The van der Waals surface area contributed by atoms with E-state index in [0.717, 1.165) is 5.39 Å². The van der Waals surface area contributed by atoms with E-state index in [1.54, 1.807) is 24.3 Å². The zero-order valence-corrected chi connectivity index (χ0v) is 10.2. The van der Waals surface area contributed by atoms with E-state index in [-0.39, 0.29) is 11.6 Å². The Labute approximate surface area is 113 Å². The molecule has 0 saturated heterocycles. The van der Waals surface area contributed by atoms with Gasteiger partial charge in [0.1, 0.15) is 11.5 Å². The maximum Gasteiger partial charge on any atom is 0.276 e. The molecule has 0 saturated carbocycles. The van der Waals surface area contributed by atoms with Crippen molar-refractivity contribution in [2.75, 3.05) is 5.32 Å². The molecular formula is C14H9FN4O. The Balaban J connectivity index is 1.91. The van der Waals surface area contributed by atoms with Gasteiger partial charge in [0.25, 0.3) is 5.91 Å². The summed E-state index contributed by atoms with van der Waals surface area (Å²) in [4.78, 5) is 23.9. The fourth-order valence-electron chi connectivity index (χ4n) is 1.75. The van der Waals surface area contributed by atoms with Crippen LogP contribution >= 0.6 is 0 Å². The van der Waals surface area contributed by atoms with Crippen molar-refractivity contribution in [1.82, 2.24) is 15.0 Å². The third-order valence-corrected chi connectivity index (χ3v) is 2.68. The molecule has 98 valence electrons. The molecule has 0 aliphatic heterocycles. The number of aromatic nitrogens is 3. The zero-order valence-electron chi connectivity index (χ0n) is 10.2. The molecule has 0 aliphatic rings. The summed E-state index contributed by atoms with van der Waals surface area (Å²) in [7, 11) is 0. The van der Waals surface area contributed by atoms with Crippen LogP contribution in [0.1, 0.15) is 10.5 Å². The van der Waals surface area contributed by atoms with Gasteiger partial charge in [0.2, 0.25) is 5.95 Å². The van der Waals surface area contributed by atoms with Crippen molar-refractivity contribution in [3.8, 4) is 0 Å². The van der Waals surface area contributed by atoms with Crippen LogP contribution < -0.4 is 5.32 Å². The number of amides is 1. The fraction of sp³-hybridized carbons (Fsp3) is 0. The molecule has 2 aromatic heterocycles. The highest BCUT2D eigenvalue weighted by Crippen LogP contribution is 2.14. The minimum Gasteiger partial charge on any atom is -0.289 e. The van der Waals surface area contributed by atoms with Gasteiger partial charge < -0.3 is 0 Å². The first-order valence-electron chi connectivity index (χ1n) is 5.87. The Morgan fingerprint density at radius 1 is 1.10 bits per heavy atom. The van der Waals surface area contributed by atoms with Gasteiger partial charge in [-0.3, -0.25) is 10.1 Å². The Morgan fingerprint density at radius 3 is 2.65 bits per heavy atom. The monoisotopic (exact) mass is 268 g/mol. The lowest BCUT2D eigenvalue weighted by Gasteiger charge is -2.04. The summed E-state index contributed by atoms with van der Waals surface area (Å²) in [5.74, 6) is -0.644. The van der Waals surface area contributed by atoms with Gasteiger partial charge in [0.15, 0.2) is 0 Å². The number of rotatable bonds is 2. The van der Waals surface area contributed by atoms with E-state index in [1.807, 2.05) is 0 Å². The molecular weight excluding hydrogens is 259 g/mol. The largest absolute Gasteiger partial charge is 0.289 e. The third-order valence-electron chi connectivity index (χ3n) is 2.68. The maximum atomic E-state index is 13.2. The lowest BCUT2D eigenvalue weighted by Crippen LogP contribution is -2.15. The van der Waals surface area contributed by atoms with Gasteiger partial charge in [-0.15, -0.1) is 0 Å². The molecule has 0 atom stereocenters. The molecule has 20 heavy (non-hydrogen) atoms. The zero-order chi connectivity index (χ0) is 13.9. The molecule has 0 radical (unpaired) electrons. The lowest BCUT2D eigenvalue weighted by molar-refractivity contribution is 0.102. The number of carbonyl (C=O) groups is 1. The molecule has 3 aromatic rings. The number of pyridine rings is 1. The van der Waals surface area contributed by atoms with Crippen LogP contribution in [0, 0.1) is 5.82 Å². The lowest BCUT2D eigenvalue weighted by atomic mass is 10.2. The summed E-state index contributed by atoms with van der Waals surface area (Å²) in [5.41, 5.74) is 0.599. The second-order valence-corrected chi connectivity index (χ2v) is 4.06. The van der Waals surface area contributed by atoms with Crippen molar-refractivity contribution >= 4 is 22.8 Å². The van der Waals surface area contributed by atoms with Gasteiger partial charge in [0, 0.05) is 23.8 Å². The van der Waals surface area contributed by atoms with Gasteiger partial charge in [-0.25, -0.2) is 19.3 Å². The van der Waals surface area contributed by atoms with E-state index in [0.29, 0.717) is 5.52 Å². The van der Waals surface area contributed by atoms with E-state index < -0.39 is 11.7 Å². The molecule has 1 amide bonds. The maximum absolute atomic E-state index is 13.2. The average Bonchev–Trinajstić information content (AvgIpc) is 2.47. The molecule has 0 bridgehead atoms. The predicted molar refractivity (Wildman–Crippen MR) is 71.7 cm³/mol. The van der Waals surface area contributed by atoms with Gasteiger partial charge in [-0.1, -0.05) is 6.07 Å². The minimum absolute atomic E-state index is 0.176. The predicted octanol–water partition coefficient (Wildman–Crippen LogP) is 2.42. The van der Waals surface area contributed by atoms with E-state index >= 15 is 0 Å². The van der Waals surface area contributed by atoms with Crippen LogP contribution in [0.4, 0.5) is 10.3 Å². The number of halogens is 1. The molecule has 1 aromatic carbocycles. The molecule has 0 spiro atoms. The van der Waals surface area contributed by atoms with Crippen molar-refractivity contribution in [1.29, 1.82) is 0 Å². The summed E-state index contributed by atoms with van der Waals surface area (Å²) >= 11 is 0. The van der Waals surface area contributed by atoms with Crippen LogP contribution in [0.2, 0.25) is 0 Å². The van der Waals surface area contributed by atoms with E-state index in [1.165, 1.54) is 24.5 Å². The van der Waals surface area contributed by atoms with E-state index in [2.05, 4.69) is 20.3 Å². The molecule has 5 nitrogen and oxygen atoms in total. The highest BCUT2D eigenvalue weighted by Gasteiger charge is 2.10. The topological polar surface area (TPSA) is 67.8 Å². The normalized spacial score (nSPS) is 10.4. The van der Waals surface area contributed by atoms with Gasteiger partial charge in [-0.2, -0.15) is 0 Å². The van der Waals surface area contributed by atoms with Gasteiger partial charge in [-0.05, 0) is 24.3 Å². The summed E-state index contributed by atoms with van der Waals surface area (Å²) in [6, 6.07) is 9.17. The molecule has 0 unspecified atom stereocenters. The Morgan fingerprint density at radius 2 is 1.85 bits per heavy atom. The number of benzene rings is 1. The average molecular weight is 268 g/mol. The highest BCUT2D eigenvalue weighted by atomic mass is 19.1. The van der Waals surface area contributed by atoms with Crippen molar-refractivity contribution in [2.24, 2.45) is 0 Å². The first kappa shape index (κ1) is 12.2. The highest BCUT2D eigenvalue weighted by molar-refractivity contribution is 6.03. The Bertz CT molecular complexity index is 776. The van der Waals surface area contributed by atoms with Gasteiger partial charge in [0.05, 0.1) is 5.52 Å². The number of fused-ring (bicyclic) bond motifs is 1. The van der Waals surface area contributed by atoms with Crippen LogP contribution in [0.3, 0.4) is 0 Å². The second-order valence-electron chi connectivity index (χ2n) is 4.06. The number of hydrogen-bond acceptors (Lipinski definition) is 4. The number of nitrogens with zero attached hydrogens (tertiary/aromatic N) is 3. The quantitative estimate of drug-likeness (QED) is 0.775. The van der Waals surface area contributed by atoms with Crippen LogP contribution in [0.25, 0.3) is 10.9 Å².